The molecule has 1 aliphatic rings. The summed E-state index contributed by atoms with van der Waals surface area (Å²) in [4.78, 5) is 0. The first-order valence-electron chi connectivity index (χ1n) is 6.18. The third kappa shape index (κ3) is 2.29. The summed E-state index contributed by atoms with van der Waals surface area (Å²) in [5, 5.41) is 18.6. The van der Waals surface area contributed by atoms with Gasteiger partial charge < -0.3 is 4.43 Å². The molecule has 0 aliphatic carbocycles. The highest BCUT2D eigenvalue weighted by Gasteiger charge is 2.50. The zero-order chi connectivity index (χ0) is 12.0. The Morgan fingerprint density at radius 1 is 1.12 bits per heavy atom. The average molecular weight is 236 g/mol. The van der Waals surface area contributed by atoms with E-state index in [1.807, 2.05) is 13.8 Å². The van der Waals surface area contributed by atoms with E-state index < -0.39 is 8.32 Å². The molecule has 2 atom stereocenters. The Balaban J connectivity index is 3.00. The topological polar surface area (TPSA) is 56.8 Å². The largest absolute Gasteiger partial charge is 0.414 e. The maximum atomic E-state index is 9.28. The highest BCUT2D eigenvalue weighted by molar-refractivity contribution is 6.78. The zero-order valence-electron chi connectivity index (χ0n) is 10.2. The minimum Gasteiger partial charge on any atom is -0.414 e. The van der Waals surface area contributed by atoms with Gasteiger partial charge in [-0.05, 0) is 25.3 Å². The standard InChI is InChI=1S/C12H20N2OSi/c1-3-11(9-13)16(12(4-2)10-14)8-6-5-7-15-16/h11-12H,3-8H2,1-2H3. The predicted molar refractivity (Wildman–Crippen MR) is 65.1 cm³/mol. The molecule has 0 saturated carbocycles. The van der Waals surface area contributed by atoms with Gasteiger partial charge in [-0.25, -0.2) is 0 Å². The van der Waals surface area contributed by atoms with Crippen LogP contribution in [-0.2, 0) is 4.43 Å². The molecule has 1 fully saturated rings. The van der Waals surface area contributed by atoms with Crippen molar-refractivity contribution in [3.05, 3.63) is 0 Å². The van der Waals surface area contributed by atoms with E-state index in [0.29, 0.717) is 0 Å². The predicted octanol–water partition coefficient (Wildman–Crippen LogP) is 3.35. The van der Waals surface area contributed by atoms with Gasteiger partial charge in [0.2, 0.25) is 8.32 Å². The van der Waals surface area contributed by atoms with Crippen molar-refractivity contribution in [2.45, 2.75) is 56.7 Å². The van der Waals surface area contributed by atoms with Crippen molar-refractivity contribution in [1.29, 1.82) is 10.5 Å². The summed E-state index contributed by atoms with van der Waals surface area (Å²) >= 11 is 0. The number of hydrogen-bond acceptors (Lipinski definition) is 3. The fourth-order valence-electron chi connectivity index (χ4n) is 2.72. The summed E-state index contributed by atoms with van der Waals surface area (Å²) in [6.45, 7) is 4.82. The minimum absolute atomic E-state index is 0.0163. The molecule has 0 aromatic carbocycles. The van der Waals surface area contributed by atoms with Gasteiger partial charge in [0.1, 0.15) is 0 Å². The van der Waals surface area contributed by atoms with E-state index in [9.17, 15) is 10.5 Å². The third-order valence-corrected chi connectivity index (χ3v) is 8.95. The smallest absolute Gasteiger partial charge is 0.226 e. The van der Waals surface area contributed by atoms with Crippen molar-refractivity contribution in [2.75, 3.05) is 6.61 Å². The SMILES string of the molecule is CCC(C#N)[Si]1(C(C#N)CC)CCCCO1. The van der Waals surface area contributed by atoms with E-state index in [-0.39, 0.29) is 11.1 Å². The lowest BCUT2D eigenvalue weighted by Gasteiger charge is -2.40. The van der Waals surface area contributed by atoms with Gasteiger partial charge in [-0.15, -0.1) is 0 Å². The molecule has 0 bridgehead atoms. The molecule has 1 heterocycles. The molecule has 4 heteroatoms. The molecule has 2 unspecified atom stereocenters. The fraction of sp³-hybridized carbons (Fsp3) is 0.833. The van der Waals surface area contributed by atoms with Crippen LogP contribution >= 0.6 is 0 Å². The Hall–Kier alpha value is -0.843. The summed E-state index contributed by atoms with van der Waals surface area (Å²) in [7, 11) is -2.16. The van der Waals surface area contributed by atoms with Gasteiger partial charge in [-0.2, -0.15) is 10.5 Å². The van der Waals surface area contributed by atoms with Crippen LogP contribution in [0.15, 0.2) is 0 Å². The van der Waals surface area contributed by atoms with Crippen molar-refractivity contribution in [3.63, 3.8) is 0 Å². The van der Waals surface area contributed by atoms with Crippen molar-refractivity contribution < 1.29 is 4.43 Å². The van der Waals surface area contributed by atoms with Gasteiger partial charge in [0, 0.05) is 6.61 Å². The van der Waals surface area contributed by atoms with E-state index in [1.54, 1.807) is 0 Å². The zero-order valence-corrected chi connectivity index (χ0v) is 11.2. The van der Waals surface area contributed by atoms with Gasteiger partial charge in [-0.1, -0.05) is 20.3 Å². The van der Waals surface area contributed by atoms with Gasteiger partial charge in [0.05, 0.1) is 23.2 Å². The molecule has 3 nitrogen and oxygen atoms in total. The number of nitriles is 2. The Labute approximate surface area is 99.2 Å². The average Bonchev–Trinajstić information content (AvgIpc) is 2.33. The van der Waals surface area contributed by atoms with Crippen LogP contribution in [0.25, 0.3) is 0 Å². The van der Waals surface area contributed by atoms with Crippen molar-refractivity contribution in [3.8, 4) is 12.1 Å². The first-order valence-corrected chi connectivity index (χ1v) is 8.45. The van der Waals surface area contributed by atoms with Gasteiger partial charge >= 0.3 is 0 Å². The van der Waals surface area contributed by atoms with Crippen LogP contribution in [0.1, 0.15) is 39.5 Å². The first kappa shape index (κ1) is 13.2. The van der Waals surface area contributed by atoms with Crippen LogP contribution in [-0.4, -0.2) is 14.9 Å². The number of hydrogen-bond donors (Lipinski definition) is 0. The molecule has 0 aromatic heterocycles. The highest BCUT2D eigenvalue weighted by Crippen LogP contribution is 2.43. The minimum atomic E-state index is -2.16. The monoisotopic (exact) mass is 236 g/mol. The third-order valence-electron chi connectivity index (χ3n) is 3.64. The lowest BCUT2D eigenvalue weighted by atomic mass is 10.3. The van der Waals surface area contributed by atoms with E-state index in [0.717, 1.165) is 38.3 Å². The van der Waals surface area contributed by atoms with Crippen LogP contribution < -0.4 is 0 Å². The summed E-state index contributed by atoms with van der Waals surface area (Å²) in [6.07, 6.45) is 3.85. The van der Waals surface area contributed by atoms with E-state index in [4.69, 9.17) is 4.43 Å². The second kappa shape index (κ2) is 6.03. The normalized spacial score (nSPS) is 28.8. The Morgan fingerprint density at radius 2 is 1.69 bits per heavy atom. The molecule has 0 aromatic rings. The molecule has 88 valence electrons. The second-order valence-corrected chi connectivity index (χ2v) is 8.53. The molecule has 0 N–H and O–H groups in total. The molecular formula is C12H20N2OSi. The number of nitrogens with zero attached hydrogens (tertiary/aromatic N) is 2. The van der Waals surface area contributed by atoms with Crippen molar-refractivity contribution in [2.24, 2.45) is 0 Å². The fourth-order valence-corrected chi connectivity index (χ4v) is 7.60. The Morgan fingerprint density at radius 3 is 2.00 bits per heavy atom. The van der Waals surface area contributed by atoms with Crippen molar-refractivity contribution in [1.82, 2.24) is 0 Å². The van der Waals surface area contributed by atoms with Gasteiger partial charge in [0.25, 0.3) is 0 Å². The van der Waals surface area contributed by atoms with Gasteiger partial charge in [0.15, 0.2) is 0 Å². The maximum Gasteiger partial charge on any atom is 0.226 e. The van der Waals surface area contributed by atoms with Crippen LogP contribution in [0, 0.1) is 22.7 Å². The highest BCUT2D eigenvalue weighted by atomic mass is 28.4. The molecule has 0 spiro atoms. The van der Waals surface area contributed by atoms with Crippen LogP contribution in [0.2, 0.25) is 17.1 Å². The van der Waals surface area contributed by atoms with Crippen LogP contribution in [0.5, 0.6) is 0 Å². The summed E-state index contributed by atoms with van der Waals surface area (Å²) in [5.41, 5.74) is -0.0326. The van der Waals surface area contributed by atoms with E-state index >= 15 is 0 Å². The van der Waals surface area contributed by atoms with Crippen LogP contribution in [0.3, 0.4) is 0 Å². The first-order chi connectivity index (χ1) is 7.75. The Bertz CT molecular complexity index is 275. The summed E-state index contributed by atoms with van der Waals surface area (Å²) < 4.78 is 6.05. The Kier molecular flexibility index (Phi) is 4.98. The van der Waals surface area contributed by atoms with Crippen LogP contribution in [0.4, 0.5) is 0 Å². The molecule has 1 rings (SSSR count). The maximum absolute atomic E-state index is 9.28. The molecule has 0 amide bonds. The summed E-state index contributed by atoms with van der Waals surface area (Å²) in [5.74, 6) is 0. The summed E-state index contributed by atoms with van der Waals surface area (Å²) in [6, 6.07) is 5.79. The van der Waals surface area contributed by atoms with Gasteiger partial charge in [-0.3, -0.25) is 0 Å². The molecule has 0 radical (unpaired) electrons. The lowest BCUT2D eigenvalue weighted by Crippen LogP contribution is -2.49. The molecule has 1 saturated heterocycles. The quantitative estimate of drug-likeness (QED) is 0.703. The molecule has 16 heavy (non-hydrogen) atoms. The lowest BCUT2D eigenvalue weighted by molar-refractivity contribution is 0.255. The van der Waals surface area contributed by atoms with E-state index in [2.05, 4.69) is 12.1 Å². The molecule has 1 aliphatic heterocycles. The number of rotatable bonds is 4. The second-order valence-electron chi connectivity index (χ2n) is 4.44. The van der Waals surface area contributed by atoms with Crippen molar-refractivity contribution >= 4 is 8.32 Å². The molecular weight excluding hydrogens is 216 g/mol. The van der Waals surface area contributed by atoms with E-state index in [1.165, 1.54) is 0 Å².